The lowest BCUT2D eigenvalue weighted by molar-refractivity contribution is -0.136. The Hall–Kier alpha value is -2.58. The zero-order valence-corrected chi connectivity index (χ0v) is 16.5. The van der Waals surface area contributed by atoms with Crippen molar-refractivity contribution in [2.24, 2.45) is 11.1 Å². The summed E-state index contributed by atoms with van der Waals surface area (Å²) in [4.78, 5) is 50.6. The van der Waals surface area contributed by atoms with Crippen LogP contribution in [0.3, 0.4) is 0 Å². The summed E-state index contributed by atoms with van der Waals surface area (Å²) < 4.78 is 0. The molecule has 8 nitrogen and oxygen atoms in total. The average Bonchev–Trinajstić information content (AvgIpc) is 3.13. The molecule has 4 N–H and O–H groups in total. The minimum atomic E-state index is -0.948. The van der Waals surface area contributed by atoms with Gasteiger partial charge in [0.2, 0.25) is 11.8 Å². The van der Waals surface area contributed by atoms with Crippen LogP contribution >= 0.6 is 0 Å². The number of hydrogen-bond donors (Lipinski definition) is 3. The first-order valence-electron chi connectivity index (χ1n) is 10.1. The molecule has 3 aliphatic rings. The van der Waals surface area contributed by atoms with Gasteiger partial charge in [0.1, 0.15) is 6.04 Å². The van der Waals surface area contributed by atoms with Crippen molar-refractivity contribution < 1.29 is 19.2 Å². The van der Waals surface area contributed by atoms with Crippen molar-refractivity contribution in [2.75, 3.05) is 6.54 Å². The SMILES string of the molecule is C[C@@]1(CNCc2cccc3c2C(=O)N(C2CCC(=O)NC2=O)C3=O)CCC[C@H]1N. The van der Waals surface area contributed by atoms with Gasteiger partial charge in [-0.3, -0.25) is 29.4 Å². The molecule has 2 heterocycles. The Morgan fingerprint density at radius 2 is 2.00 bits per heavy atom. The zero-order valence-electron chi connectivity index (χ0n) is 16.5. The third kappa shape index (κ3) is 3.36. The van der Waals surface area contributed by atoms with Crippen molar-refractivity contribution in [1.82, 2.24) is 15.5 Å². The summed E-state index contributed by atoms with van der Waals surface area (Å²) in [6, 6.07) is 4.39. The second-order valence-electron chi connectivity index (χ2n) is 8.54. The molecule has 0 bridgehead atoms. The van der Waals surface area contributed by atoms with Crippen LogP contribution < -0.4 is 16.4 Å². The van der Waals surface area contributed by atoms with Crippen LogP contribution in [-0.4, -0.2) is 47.2 Å². The van der Waals surface area contributed by atoms with Crippen molar-refractivity contribution in [3.05, 3.63) is 34.9 Å². The van der Waals surface area contributed by atoms with Gasteiger partial charge in [-0.05, 0) is 36.3 Å². The Bertz CT molecular complexity index is 899. The maximum absolute atomic E-state index is 13.1. The van der Waals surface area contributed by atoms with E-state index in [-0.39, 0.29) is 30.2 Å². The van der Waals surface area contributed by atoms with Crippen LogP contribution in [0, 0.1) is 5.41 Å². The number of piperidine rings is 1. The van der Waals surface area contributed by atoms with Crippen molar-refractivity contribution >= 4 is 23.6 Å². The number of hydrogen-bond acceptors (Lipinski definition) is 6. The van der Waals surface area contributed by atoms with Crippen LogP contribution in [0.4, 0.5) is 0 Å². The standard InChI is InChI=1S/C21H26N4O4/c1-21(9-3-6-15(21)22)11-23-10-12-4-2-5-13-17(12)20(29)25(19(13)28)14-7-8-16(26)24-18(14)27/h2,4-5,14-15,23H,3,6-11,22H2,1H3,(H,24,26,27)/t14?,15-,21+/m1/s1. The lowest BCUT2D eigenvalue weighted by atomic mass is 9.85. The van der Waals surface area contributed by atoms with Crippen LogP contribution in [0.5, 0.6) is 0 Å². The van der Waals surface area contributed by atoms with Crippen LogP contribution in [0.15, 0.2) is 18.2 Å². The molecule has 0 radical (unpaired) electrons. The Balaban J connectivity index is 1.52. The van der Waals surface area contributed by atoms with Gasteiger partial charge in [0.05, 0.1) is 11.1 Å². The van der Waals surface area contributed by atoms with Gasteiger partial charge in [0, 0.05) is 25.6 Å². The van der Waals surface area contributed by atoms with Crippen molar-refractivity contribution in [2.45, 2.75) is 57.7 Å². The molecule has 1 aromatic rings. The minimum absolute atomic E-state index is 0.0243. The van der Waals surface area contributed by atoms with Gasteiger partial charge in [-0.2, -0.15) is 0 Å². The normalized spacial score (nSPS) is 29.4. The Morgan fingerprint density at radius 3 is 2.69 bits per heavy atom. The fourth-order valence-electron chi connectivity index (χ4n) is 4.69. The van der Waals surface area contributed by atoms with Crippen LogP contribution in [-0.2, 0) is 16.1 Å². The Kier molecular flexibility index (Phi) is 5.00. The van der Waals surface area contributed by atoms with Gasteiger partial charge in [-0.25, -0.2) is 0 Å². The highest BCUT2D eigenvalue weighted by atomic mass is 16.2. The van der Waals surface area contributed by atoms with Crippen LogP contribution in [0.1, 0.15) is 65.3 Å². The predicted molar refractivity (Wildman–Crippen MR) is 105 cm³/mol. The van der Waals surface area contributed by atoms with Crippen LogP contribution in [0.25, 0.3) is 0 Å². The zero-order chi connectivity index (χ0) is 20.8. The highest BCUT2D eigenvalue weighted by Gasteiger charge is 2.45. The van der Waals surface area contributed by atoms with E-state index in [9.17, 15) is 19.2 Å². The number of carbonyl (C=O) groups excluding carboxylic acids is 4. The van der Waals surface area contributed by atoms with Gasteiger partial charge < -0.3 is 11.1 Å². The molecule has 2 aliphatic heterocycles. The maximum Gasteiger partial charge on any atom is 0.262 e. The van der Waals surface area contributed by atoms with E-state index in [1.54, 1.807) is 12.1 Å². The summed E-state index contributed by atoms with van der Waals surface area (Å²) in [6.45, 7) is 3.34. The van der Waals surface area contributed by atoms with Crippen molar-refractivity contribution in [1.29, 1.82) is 0 Å². The molecular formula is C21H26N4O4. The summed E-state index contributed by atoms with van der Waals surface area (Å²) in [6.07, 6.45) is 3.46. The maximum atomic E-state index is 13.1. The fourth-order valence-corrected chi connectivity index (χ4v) is 4.69. The van der Waals surface area contributed by atoms with Gasteiger partial charge in [0.25, 0.3) is 11.8 Å². The average molecular weight is 398 g/mol. The molecule has 0 aromatic heterocycles. The van der Waals surface area contributed by atoms with Gasteiger partial charge in [0.15, 0.2) is 0 Å². The van der Waals surface area contributed by atoms with Crippen molar-refractivity contribution in [3.63, 3.8) is 0 Å². The number of imide groups is 2. The monoisotopic (exact) mass is 398 g/mol. The molecule has 154 valence electrons. The second kappa shape index (κ2) is 7.35. The number of rotatable bonds is 5. The lowest BCUT2D eigenvalue weighted by Crippen LogP contribution is -2.54. The van der Waals surface area contributed by atoms with Gasteiger partial charge in [-0.1, -0.05) is 25.5 Å². The molecule has 3 atom stereocenters. The van der Waals surface area contributed by atoms with Gasteiger partial charge >= 0.3 is 0 Å². The largest absolute Gasteiger partial charge is 0.327 e. The van der Waals surface area contributed by atoms with E-state index < -0.39 is 23.8 Å². The molecule has 1 aromatic carbocycles. The molecule has 1 saturated carbocycles. The summed E-state index contributed by atoms with van der Waals surface area (Å²) in [7, 11) is 0. The first-order valence-corrected chi connectivity index (χ1v) is 10.1. The molecule has 8 heteroatoms. The highest BCUT2D eigenvalue weighted by molar-refractivity contribution is 6.24. The second-order valence-corrected chi connectivity index (χ2v) is 8.54. The topological polar surface area (TPSA) is 122 Å². The quantitative estimate of drug-likeness (QED) is 0.628. The molecule has 4 rings (SSSR count). The number of carbonyl (C=O) groups is 4. The first-order chi connectivity index (χ1) is 13.8. The van der Waals surface area contributed by atoms with E-state index in [0.717, 1.165) is 36.3 Å². The molecular weight excluding hydrogens is 372 g/mol. The number of nitrogens with zero attached hydrogens (tertiary/aromatic N) is 1. The minimum Gasteiger partial charge on any atom is -0.327 e. The van der Waals surface area contributed by atoms with Crippen molar-refractivity contribution in [3.8, 4) is 0 Å². The third-order valence-corrected chi connectivity index (χ3v) is 6.56. The summed E-state index contributed by atoms with van der Waals surface area (Å²) in [5, 5.41) is 5.62. The van der Waals surface area contributed by atoms with E-state index in [1.807, 2.05) is 6.07 Å². The Morgan fingerprint density at radius 1 is 1.21 bits per heavy atom. The van der Waals surface area contributed by atoms with E-state index in [0.29, 0.717) is 17.7 Å². The van der Waals surface area contributed by atoms with E-state index >= 15 is 0 Å². The third-order valence-electron chi connectivity index (χ3n) is 6.56. The molecule has 1 saturated heterocycles. The smallest absolute Gasteiger partial charge is 0.262 e. The molecule has 2 fully saturated rings. The Labute approximate surface area is 169 Å². The number of benzene rings is 1. The van der Waals surface area contributed by atoms with E-state index in [2.05, 4.69) is 17.6 Å². The van der Waals surface area contributed by atoms with E-state index in [1.165, 1.54) is 0 Å². The number of nitrogens with one attached hydrogen (secondary N) is 2. The summed E-state index contributed by atoms with van der Waals surface area (Å²) in [5.74, 6) is -1.93. The number of nitrogens with two attached hydrogens (primary N) is 1. The molecule has 0 spiro atoms. The van der Waals surface area contributed by atoms with E-state index in [4.69, 9.17) is 5.73 Å². The molecule has 1 unspecified atom stereocenters. The predicted octanol–water partition coefficient (Wildman–Crippen LogP) is 0.695. The lowest BCUT2D eigenvalue weighted by Gasteiger charge is -2.29. The molecule has 4 amide bonds. The number of fused-ring (bicyclic) bond motifs is 1. The van der Waals surface area contributed by atoms with Gasteiger partial charge in [-0.15, -0.1) is 0 Å². The summed E-state index contributed by atoms with van der Waals surface area (Å²) in [5.41, 5.74) is 7.64. The number of amides is 4. The highest BCUT2D eigenvalue weighted by Crippen LogP contribution is 2.36. The molecule has 29 heavy (non-hydrogen) atoms. The molecule has 1 aliphatic carbocycles. The summed E-state index contributed by atoms with van der Waals surface area (Å²) >= 11 is 0. The fraction of sp³-hybridized carbons (Fsp3) is 0.524. The van der Waals surface area contributed by atoms with Crippen LogP contribution in [0.2, 0.25) is 0 Å². The first kappa shape index (κ1) is 19.7.